The number of nitrogens with one attached hydrogen (secondary N) is 2. The van der Waals surface area contributed by atoms with Crippen molar-refractivity contribution in [1.82, 2.24) is 4.72 Å². The van der Waals surface area contributed by atoms with E-state index in [1.165, 1.54) is 0 Å². The molecule has 0 saturated heterocycles. The van der Waals surface area contributed by atoms with Crippen molar-refractivity contribution in [3.8, 4) is 0 Å². The van der Waals surface area contributed by atoms with Crippen molar-refractivity contribution in [1.29, 1.82) is 0 Å². The van der Waals surface area contributed by atoms with Crippen LogP contribution in [0.15, 0.2) is 29.2 Å². The Morgan fingerprint density at radius 1 is 1.37 bits per heavy atom. The first kappa shape index (κ1) is 14.7. The maximum Gasteiger partial charge on any atom is 0.242 e. The van der Waals surface area contributed by atoms with Gasteiger partial charge in [-0.2, -0.15) is 11.8 Å². The minimum absolute atomic E-state index is 0.128. The third kappa shape index (κ3) is 4.12. The molecule has 1 aliphatic carbocycles. The van der Waals surface area contributed by atoms with Crippen LogP contribution in [0.1, 0.15) is 19.8 Å². The average molecular weight is 300 g/mol. The molecule has 0 bridgehead atoms. The first-order chi connectivity index (χ1) is 9.03. The van der Waals surface area contributed by atoms with E-state index in [0.717, 1.165) is 19.4 Å². The highest BCUT2D eigenvalue weighted by atomic mass is 32.2. The topological polar surface area (TPSA) is 58.2 Å². The lowest BCUT2D eigenvalue weighted by molar-refractivity contribution is 0.581. The summed E-state index contributed by atoms with van der Waals surface area (Å²) in [5, 5.41) is 3.66. The average Bonchev–Trinajstić information content (AvgIpc) is 3.19. The lowest BCUT2D eigenvalue weighted by atomic mass is 10.3. The van der Waals surface area contributed by atoms with Crippen LogP contribution < -0.4 is 10.0 Å². The van der Waals surface area contributed by atoms with Gasteiger partial charge in [-0.25, -0.2) is 13.1 Å². The fourth-order valence-electron chi connectivity index (χ4n) is 1.67. The molecule has 0 aromatic heterocycles. The fraction of sp³-hybridized carbons (Fsp3) is 0.538. The summed E-state index contributed by atoms with van der Waals surface area (Å²) in [5.74, 6) is 0. The van der Waals surface area contributed by atoms with E-state index in [1.807, 2.05) is 18.4 Å². The van der Waals surface area contributed by atoms with Gasteiger partial charge in [0.05, 0.1) is 5.69 Å². The van der Waals surface area contributed by atoms with Crippen molar-refractivity contribution in [2.75, 3.05) is 18.1 Å². The molecule has 19 heavy (non-hydrogen) atoms. The normalized spacial score (nSPS) is 17.2. The van der Waals surface area contributed by atoms with Crippen LogP contribution in [-0.2, 0) is 10.0 Å². The monoisotopic (exact) mass is 300 g/mol. The summed E-state index contributed by atoms with van der Waals surface area (Å²) in [6.45, 7) is 2.86. The van der Waals surface area contributed by atoms with Crippen molar-refractivity contribution < 1.29 is 8.42 Å². The van der Waals surface area contributed by atoms with Crippen molar-refractivity contribution in [2.24, 2.45) is 0 Å². The SMILES string of the molecule is CSC(C)CNc1ccccc1S(=O)(=O)NC1CC1. The minimum atomic E-state index is -3.40. The molecule has 2 rings (SSSR count). The van der Waals surface area contributed by atoms with Crippen molar-refractivity contribution in [2.45, 2.75) is 36.0 Å². The second-order valence-corrected chi connectivity index (χ2v) is 7.78. The van der Waals surface area contributed by atoms with Gasteiger partial charge in [-0.1, -0.05) is 19.1 Å². The summed E-state index contributed by atoms with van der Waals surface area (Å²) in [6.07, 6.45) is 3.93. The molecule has 4 nitrogen and oxygen atoms in total. The Morgan fingerprint density at radius 3 is 2.68 bits per heavy atom. The van der Waals surface area contributed by atoms with Gasteiger partial charge >= 0.3 is 0 Å². The molecule has 0 amide bonds. The van der Waals surface area contributed by atoms with E-state index in [9.17, 15) is 8.42 Å². The molecule has 0 radical (unpaired) electrons. The highest BCUT2D eigenvalue weighted by Crippen LogP contribution is 2.26. The molecule has 1 atom stereocenters. The zero-order valence-electron chi connectivity index (χ0n) is 11.2. The Morgan fingerprint density at radius 2 is 2.05 bits per heavy atom. The molecule has 6 heteroatoms. The van der Waals surface area contributed by atoms with E-state index < -0.39 is 10.0 Å². The van der Waals surface area contributed by atoms with Crippen LogP contribution in [0.2, 0.25) is 0 Å². The van der Waals surface area contributed by atoms with Crippen LogP contribution >= 0.6 is 11.8 Å². The van der Waals surface area contributed by atoms with Gasteiger partial charge in [0, 0.05) is 17.8 Å². The first-order valence-electron chi connectivity index (χ1n) is 6.41. The summed E-state index contributed by atoms with van der Waals surface area (Å²) in [6, 6.07) is 7.20. The number of rotatable bonds is 7. The number of hydrogen-bond acceptors (Lipinski definition) is 4. The number of hydrogen-bond donors (Lipinski definition) is 2. The summed E-state index contributed by atoms with van der Waals surface area (Å²) in [5.41, 5.74) is 0.677. The van der Waals surface area contributed by atoms with E-state index >= 15 is 0 Å². The van der Waals surface area contributed by atoms with Gasteiger partial charge in [0.15, 0.2) is 0 Å². The molecule has 1 unspecified atom stereocenters. The summed E-state index contributed by atoms with van der Waals surface area (Å²) in [7, 11) is -3.40. The molecule has 106 valence electrons. The minimum Gasteiger partial charge on any atom is -0.383 e. The van der Waals surface area contributed by atoms with Crippen LogP contribution in [0.3, 0.4) is 0 Å². The lowest BCUT2D eigenvalue weighted by Crippen LogP contribution is -2.27. The zero-order chi connectivity index (χ0) is 13.9. The first-order valence-corrected chi connectivity index (χ1v) is 9.18. The van der Waals surface area contributed by atoms with Gasteiger partial charge in [-0.15, -0.1) is 0 Å². The van der Waals surface area contributed by atoms with Crippen LogP contribution in [0.5, 0.6) is 0 Å². The number of para-hydroxylation sites is 1. The maximum absolute atomic E-state index is 12.3. The van der Waals surface area contributed by atoms with E-state index in [4.69, 9.17) is 0 Å². The Hall–Kier alpha value is -0.720. The number of sulfonamides is 1. The molecule has 0 spiro atoms. The molecule has 1 aliphatic rings. The zero-order valence-corrected chi connectivity index (χ0v) is 12.9. The predicted octanol–water partition coefficient (Wildman–Crippen LogP) is 2.29. The highest BCUT2D eigenvalue weighted by molar-refractivity contribution is 7.99. The van der Waals surface area contributed by atoms with Crippen molar-refractivity contribution in [3.63, 3.8) is 0 Å². The quantitative estimate of drug-likeness (QED) is 0.811. The van der Waals surface area contributed by atoms with Gasteiger partial charge in [-0.05, 0) is 31.2 Å². The maximum atomic E-state index is 12.3. The summed E-state index contributed by atoms with van der Waals surface area (Å²) >= 11 is 1.75. The largest absolute Gasteiger partial charge is 0.383 e. The van der Waals surface area contributed by atoms with E-state index in [0.29, 0.717) is 15.8 Å². The molecular weight excluding hydrogens is 280 g/mol. The molecule has 0 heterocycles. The molecule has 1 aromatic rings. The second kappa shape index (κ2) is 6.15. The summed E-state index contributed by atoms with van der Waals surface area (Å²) in [4.78, 5) is 0.343. The summed E-state index contributed by atoms with van der Waals surface area (Å²) < 4.78 is 27.2. The predicted molar refractivity (Wildman–Crippen MR) is 81.3 cm³/mol. The third-order valence-corrected chi connectivity index (χ3v) is 5.61. The molecule has 1 saturated carbocycles. The van der Waals surface area contributed by atoms with E-state index in [2.05, 4.69) is 17.0 Å². The Kier molecular flexibility index (Phi) is 4.76. The molecule has 1 aromatic carbocycles. The van der Waals surface area contributed by atoms with Gasteiger partial charge in [0.2, 0.25) is 10.0 Å². The number of thioether (sulfide) groups is 1. The second-order valence-electron chi connectivity index (χ2n) is 4.82. The standard InChI is InChI=1S/C13H20N2O2S2/c1-10(18-2)9-14-12-5-3-4-6-13(12)19(16,17)15-11-7-8-11/h3-6,10-11,14-15H,7-9H2,1-2H3. The van der Waals surface area contributed by atoms with Crippen LogP contribution in [-0.4, -0.2) is 32.5 Å². The van der Waals surface area contributed by atoms with Crippen LogP contribution in [0.4, 0.5) is 5.69 Å². The molecule has 1 fully saturated rings. The van der Waals surface area contributed by atoms with Gasteiger partial charge in [0.1, 0.15) is 4.90 Å². The van der Waals surface area contributed by atoms with Gasteiger partial charge < -0.3 is 5.32 Å². The van der Waals surface area contributed by atoms with Gasteiger partial charge in [-0.3, -0.25) is 0 Å². The third-order valence-electron chi connectivity index (χ3n) is 3.06. The molecule has 0 aliphatic heterocycles. The highest BCUT2D eigenvalue weighted by Gasteiger charge is 2.29. The Bertz CT molecular complexity index is 527. The van der Waals surface area contributed by atoms with Crippen LogP contribution in [0, 0.1) is 0 Å². The van der Waals surface area contributed by atoms with Crippen molar-refractivity contribution >= 4 is 27.5 Å². The molecule has 2 N–H and O–H groups in total. The van der Waals surface area contributed by atoms with Gasteiger partial charge in [0.25, 0.3) is 0 Å². The smallest absolute Gasteiger partial charge is 0.242 e. The number of anilines is 1. The lowest BCUT2D eigenvalue weighted by Gasteiger charge is -2.15. The number of benzene rings is 1. The Labute approximate surface area is 119 Å². The van der Waals surface area contributed by atoms with Crippen molar-refractivity contribution in [3.05, 3.63) is 24.3 Å². The Balaban J connectivity index is 2.15. The van der Waals surface area contributed by atoms with E-state index in [1.54, 1.807) is 23.9 Å². The van der Waals surface area contributed by atoms with E-state index in [-0.39, 0.29) is 6.04 Å². The molecular formula is C13H20N2O2S2. The fourth-order valence-corrected chi connectivity index (χ4v) is 3.41. The van der Waals surface area contributed by atoms with Crippen LogP contribution in [0.25, 0.3) is 0 Å².